The van der Waals surface area contributed by atoms with Crippen LogP contribution in [0.5, 0.6) is 0 Å². The van der Waals surface area contributed by atoms with Gasteiger partial charge in [0.1, 0.15) is 0 Å². The summed E-state index contributed by atoms with van der Waals surface area (Å²) in [5.74, 6) is 0. The Bertz CT molecular complexity index is 470. The van der Waals surface area contributed by atoms with Crippen LogP contribution in [0.25, 0.3) is 0 Å². The Balaban J connectivity index is 2.11. The van der Waals surface area contributed by atoms with Crippen LogP contribution in [0.2, 0.25) is 0 Å². The predicted molar refractivity (Wildman–Crippen MR) is 75.8 cm³/mol. The fraction of sp³-hybridized carbons (Fsp3) is 0.385. The predicted octanol–water partition coefficient (Wildman–Crippen LogP) is 2.28. The molecule has 0 saturated carbocycles. The Morgan fingerprint density at radius 3 is 3.06 bits per heavy atom. The smallest absolute Gasteiger partial charge is 0.0795 e. The van der Waals surface area contributed by atoms with Crippen molar-refractivity contribution >= 4 is 17.0 Å². The third kappa shape index (κ3) is 3.27. The molecule has 0 spiro atoms. The summed E-state index contributed by atoms with van der Waals surface area (Å²) in [6.45, 7) is 4.77. The summed E-state index contributed by atoms with van der Waals surface area (Å²) in [6.07, 6.45) is 3.76. The molecule has 1 N–H and O–H groups in total. The van der Waals surface area contributed by atoms with Crippen molar-refractivity contribution in [1.29, 1.82) is 0 Å². The van der Waals surface area contributed by atoms with Gasteiger partial charge in [0.05, 0.1) is 29.6 Å². The summed E-state index contributed by atoms with van der Waals surface area (Å²) < 4.78 is 0. The van der Waals surface area contributed by atoms with Crippen LogP contribution in [-0.4, -0.2) is 23.6 Å². The average Bonchev–Trinajstić information content (AvgIpc) is 2.89. The van der Waals surface area contributed by atoms with Gasteiger partial charge in [0.25, 0.3) is 0 Å². The molecule has 2 rings (SSSR count). The van der Waals surface area contributed by atoms with Gasteiger partial charge in [-0.1, -0.05) is 6.92 Å². The topological polar surface area (TPSA) is 41.1 Å². The standard InChI is InChI=1S/C13H18N4S/c1-3-14-6-11-4-5-15-7-13(11)17(2)8-12-9-18-10-16-12/h4-5,7,9-10,14H,3,6,8H2,1-2H3. The number of rotatable bonds is 6. The molecule has 0 radical (unpaired) electrons. The highest BCUT2D eigenvalue weighted by Gasteiger charge is 2.08. The van der Waals surface area contributed by atoms with Crippen LogP contribution in [0.15, 0.2) is 29.4 Å². The van der Waals surface area contributed by atoms with Gasteiger partial charge < -0.3 is 10.2 Å². The first-order valence-corrected chi connectivity index (χ1v) is 6.97. The third-order valence-electron chi connectivity index (χ3n) is 2.75. The van der Waals surface area contributed by atoms with Gasteiger partial charge in [-0.05, 0) is 18.2 Å². The van der Waals surface area contributed by atoms with Crippen LogP contribution in [0.3, 0.4) is 0 Å². The van der Waals surface area contributed by atoms with Crippen molar-refractivity contribution in [3.8, 4) is 0 Å². The van der Waals surface area contributed by atoms with E-state index in [1.54, 1.807) is 11.3 Å². The Morgan fingerprint density at radius 2 is 2.33 bits per heavy atom. The second-order valence-electron chi connectivity index (χ2n) is 4.12. The molecule has 5 heteroatoms. The summed E-state index contributed by atoms with van der Waals surface area (Å²) in [7, 11) is 2.08. The van der Waals surface area contributed by atoms with Crippen LogP contribution in [0, 0.1) is 0 Å². The number of hydrogen-bond donors (Lipinski definition) is 1. The summed E-state index contributed by atoms with van der Waals surface area (Å²) in [5.41, 5.74) is 5.39. The quantitative estimate of drug-likeness (QED) is 0.867. The monoisotopic (exact) mass is 262 g/mol. The summed E-state index contributed by atoms with van der Waals surface area (Å²) in [6, 6.07) is 2.07. The van der Waals surface area contributed by atoms with Crippen molar-refractivity contribution in [3.63, 3.8) is 0 Å². The Kier molecular flexibility index (Phi) is 4.66. The highest BCUT2D eigenvalue weighted by Crippen LogP contribution is 2.19. The minimum atomic E-state index is 0.814. The van der Waals surface area contributed by atoms with E-state index in [1.807, 2.05) is 17.9 Å². The molecule has 0 aliphatic heterocycles. The number of nitrogens with one attached hydrogen (secondary N) is 1. The van der Waals surface area contributed by atoms with Crippen LogP contribution in [-0.2, 0) is 13.1 Å². The van der Waals surface area contributed by atoms with Gasteiger partial charge in [0, 0.05) is 25.2 Å². The van der Waals surface area contributed by atoms with E-state index in [0.29, 0.717) is 0 Å². The molecule has 0 atom stereocenters. The van der Waals surface area contributed by atoms with Crippen LogP contribution >= 0.6 is 11.3 Å². The van der Waals surface area contributed by atoms with E-state index in [4.69, 9.17) is 0 Å². The van der Waals surface area contributed by atoms with Gasteiger partial charge in [-0.25, -0.2) is 4.98 Å². The molecule has 2 aromatic heterocycles. The van der Waals surface area contributed by atoms with Gasteiger partial charge in [0.15, 0.2) is 0 Å². The highest BCUT2D eigenvalue weighted by molar-refractivity contribution is 7.07. The molecule has 0 aliphatic carbocycles. The second kappa shape index (κ2) is 6.47. The Labute approximate surface area is 112 Å². The van der Waals surface area contributed by atoms with E-state index < -0.39 is 0 Å². The van der Waals surface area contributed by atoms with E-state index in [9.17, 15) is 0 Å². The van der Waals surface area contributed by atoms with Crippen molar-refractivity contribution in [2.24, 2.45) is 0 Å². The molecule has 0 aromatic carbocycles. The van der Waals surface area contributed by atoms with E-state index >= 15 is 0 Å². The van der Waals surface area contributed by atoms with Crippen molar-refractivity contribution < 1.29 is 0 Å². The zero-order chi connectivity index (χ0) is 12.8. The first-order chi connectivity index (χ1) is 8.81. The number of aromatic nitrogens is 2. The maximum atomic E-state index is 4.31. The Morgan fingerprint density at radius 1 is 1.44 bits per heavy atom. The SMILES string of the molecule is CCNCc1ccncc1N(C)Cc1cscn1. The van der Waals surface area contributed by atoms with Gasteiger partial charge in [0.2, 0.25) is 0 Å². The summed E-state index contributed by atoms with van der Waals surface area (Å²) in [5, 5.41) is 5.43. The molecule has 0 fully saturated rings. The van der Waals surface area contributed by atoms with Gasteiger partial charge in [-0.15, -0.1) is 11.3 Å². The zero-order valence-corrected chi connectivity index (χ0v) is 11.6. The van der Waals surface area contributed by atoms with Crippen molar-refractivity contribution in [2.45, 2.75) is 20.0 Å². The number of nitrogens with zero attached hydrogens (tertiary/aromatic N) is 3. The summed E-state index contributed by atoms with van der Waals surface area (Å²) in [4.78, 5) is 10.7. The molecule has 0 aliphatic rings. The number of hydrogen-bond acceptors (Lipinski definition) is 5. The van der Waals surface area contributed by atoms with E-state index in [2.05, 4.69) is 45.6 Å². The molecule has 4 nitrogen and oxygen atoms in total. The number of anilines is 1. The van der Waals surface area contributed by atoms with Crippen molar-refractivity contribution in [1.82, 2.24) is 15.3 Å². The molecule has 0 bridgehead atoms. The number of pyridine rings is 1. The van der Waals surface area contributed by atoms with Crippen molar-refractivity contribution in [2.75, 3.05) is 18.5 Å². The molecular weight excluding hydrogens is 244 g/mol. The minimum absolute atomic E-state index is 0.814. The molecule has 0 unspecified atom stereocenters. The lowest BCUT2D eigenvalue weighted by Gasteiger charge is -2.21. The normalized spacial score (nSPS) is 10.6. The zero-order valence-electron chi connectivity index (χ0n) is 10.8. The van der Waals surface area contributed by atoms with Crippen LogP contribution in [0.1, 0.15) is 18.2 Å². The second-order valence-corrected chi connectivity index (χ2v) is 4.84. The first kappa shape index (κ1) is 13.0. The molecule has 18 heavy (non-hydrogen) atoms. The largest absolute Gasteiger partial charge is 0.367 e. The fourth-order valence-electron chi connectivity index (χ4n) is 1.81. The lowest BCUT2D eigenvalue weighted by molar-refractivity contribution is 0.721. The lowest BCUT2D eigenvalue weighted by Crippen LogP contribution is -2.21. The molecule has 2 heterocycles. The van der Waals surface area contributed by atoms with Gasteiger partial charge in [-0.2, -0.15) is 0 Å². The van der Waals surface area contributed by atoms with Gasteiger partial charge in [-0.3, -0.25) is 4.98 Å². The minimum Gasteiger partial charge on any atom is -0.367 e. The highest BCUT2D eigenvalue weighted by atomic mass is 32.1. The molecule has 2 aromatic rings. The van der Waals surface area contributed by atoms with Gasteiger partial charge >= 0.3 is 0 Å². The number of thiazole rings is 1. The molecule has 0 saturated heterocycles. The maximum absolute atomic E-state index is 4.31. The van der Waals surface area contributed by atoms with E-state index in [0.717, 1.165) is 31.0 Å². The van der Waals surface area contributed by atoms with Crippen molar-refractivity contribution in [3.05, 3.63) is 40.6 Å². The van der Waals surface area contributed by atoms with E-state index in [-0.39, 0.29) is 0 Å². The molecule has 0 amide bonds. The third-order valence-corrected chi connectivity index (χ3v) is 3.38. The fourth-order valence-corrected chi connectivity index (χ4v) is 2.36. The molecular formula is C13H18N4S. The Hall–Kier alpha value is -1.46. The maximum Gasteiger partial charge on any atom is 0.0795 e. The average molecular weight is 262 g/mol. The van der Waals surface area contributed by atoms with E-state index in [1.165, 1.54) is 5.56 Å². The lowest BCUT2D eigenvalue weighted by atomic mass is 10.2. The molecule has 96 valence electrons. The first-order valence-electron chi connectivity index (χ1n) is 6.03. The van der Waals surface area contributed by atoms with Crippen LogP contribution in [0.4, 0.5) is 5.69 Å². The van der Waals surface area contributed by atoms with Crippen LogP contribution < -0.4 is 10.2 Å². The summed E-state index contributed by atoms with van der Waals surface area (Å²) >= 11 is 1.63.